The first-order chi connectivity index (χ1) is 12.8. The molecule has 0 fully saturated rings. The van der Waals surface area contributed by atoms with Gasteiger partial charge in [0.15, 0.2) is 0 Å². The molecule has 0 radical (unpaired) electrons. The minimum atomic E-state index is -1.25. The van der Waals surface area contributed by atoms with Crippen LogP contribution in [0.5, 0.6) is 0 Å². The SMILES string of the molecule is CC(C)(C(=O)NCCc1ccc(F)cc1)C(=O)NCCc1ccccc1F. The molecule has 2 N–H and O–H groups in total. The number of nitrogens with one attached hydrogen (secondary N) is 2. The lowest BCUT2D eigenvalue weighted by Crippen LogP contribution is -2.48. The number of amides is 2. The summed E-state index contributed by atoms with van der Waals surface area (Å²) in [7, 11) is 0. The summed E-state index contributed by atoms with van der Waals surface area (Å²) in [4.78, 5) is 24.7. The average molecular weight is 374 g/mol. The smallest absolute Gasteiger partial charge is 0.235 e. The second-order valence-electron chi connectivity index (χ2n) is 6.85. The largest absolute Gasteiger partial charge is 0.355 e. The van der Waals surface area contributed by atoms with Crippen molar-refractivity contribution in [2.45, 2.75) is 26.7 Å². The van der Waals surface area contributed by atoms with E-state index in [9.17, 15) is 18.4 Å². The van der Waals surface area contributed by atoms with Crippen LogP contribution in [0.4, 0.5) is 8.78 Å². The maximum atomic E-state index is 13.6. The van der Waals surface area contributed by atoms with Crippen LogP contribution < -0.4 is 10.6 Å². The van der Waals surface area contributed by atoms with E-state index in [1.54, 1.807) is 44.2 Å². The molecule has 0 saturated heterocycles. The van der Waals surface area contributed by atoms with Crippen LogP contribution in [0.2, 0.25) is 0 Å². The molecule has 0 aromatic heterocycles. The Bertz CT molecular complexity index is 789. The van der Waals surface area contributed by atoms with E-state index in [0.29, 0.717) is 24.9 Å². The molecule has 0 atom stereocenters. The standard InChI is InChI=1S/C21H24F2N2O2/c1-21(2,19(26)24-13-11-15-7-9-17(22)10-8-15)20(27)25-14-12-16-5-3-4-6-18(16)23/h3-10H,11-14H2,1-2H3,(H,24,26)(H,25,27). The average Bonchev–Trinajstić information content (AvgIpc) is 2.64. The fraction of sp³-hybridized carbons (Fsp3) is 0.333. The first-order valence-electron chi connectivity index (χ1n) is 8.85. The van der Waals surface area contributed by atoms with Crippen LogP contribution >= 0.6 is 0 Å². The van der Waals surface area contributed by atoms with Gasteiger partial charge in [-0.05, 0) is 56.0 Å². The van der Waals surface area contributed by atoms with Gasteiger partial charge in [-0.25, -0.2) is 8.78 Å². The zero-order valence-electron chi connectivity index (χ0n) is 15.5. The highest BCUT2D eigenvalue weighted by atomic mass is 19.1. The molecule has 0 heterocycles. The fourth-order valence-corrected chi connectivity index (χ4v) is 2.53. The van der Waals surface area contributed by atoms with Gasteiger partial charge < -0.3 is 10.6 Å². The molecule has 0 spiro atoms. The van der Waals surface area contributed by atoms with Crippen molar-refractivity contribution in [3.63, 3.8) is 0 Å². The highest BCUT2D eigenvalue weighted by Crippen LogP contribution is 2.16. The molecule has 0 aliphatic heterocycles. The first kappa shape index (κ1) is 20.6. The number of carbonyl (C=O) groups is 2. The Morgan fingerprint density at radius 1 is 0.852 bits per heavy atom. The lowest BCUT2D eigenvalue weighted by atomic mass is 9.91. The van der Waals surface area contributed by atoms with Gasteiger partial charge in [-0.1, -0.05) is 30.3 Å². The molecule has 0 aliphatic rings. The van der Waals surface area contributed by atoms with E-state index in [2.05, 4.69) is 10.6 Å². The molecule has 0 saturated carbocycles. The second kappa shape index (κ2) is 9.26. The van der Waals surface area contributed by atoms with Crippen LogP contribution in [0.25, 0.3) is 0 Å². The highest BCUT2D eigenvalue weighted by Gasteiger charge is 2.35. The summed E-state index contributed by atoms with van der Waals surface area (Å²) >= 11 is 0. The van der Waals surface area contributed by atoms with Gasteiger partial charge in [-0.2, -0.15) is 0 Å². The summed E-state index contributed by atoms with van der Waals surface area (Å²) in [6.07, 6.45) is 0.887. The van der Waals surface area contributed by atoms with Crippen molar-refractivity contribution in [1.82, 2.24) is 10.6 Å². The Morgan fingerprint density at radius 2 is 1.41 bits per heavy atom. The summed E-state index contributed by atoms with van der Waals surface area (Å²) in [5.74, 6) is -1.44. The molecule has 2 rings (SSSR count). The molecular weight excluding hydrogens is 350 g/mol. The normalized spacial score (nSPS) is 11.1. The van der Waals surface area contributed by atoms with Crippen molar-refractivity contribution in [3.05, 3.63) is 71.3 Å². The zero-order chi connectivity index (χ0) is 19.9. The number of hydrogen-bond donors (Lipinski definition) is 2. The van der Waals surface area contributed by atoms with E-state index in [-0.39, 0.29) is 18.2 Å². The first-order valence-corrected chi connectivity index (χ1v) is 8.85. The topological polar surface area (TPSA) is 58.2 Å². The summed E-state index contributed by atoms with van der Waals surface area (Å²) in [6.45, 7) is 3.67. The molecule has 0 bridgehead atoms. The minimum absolute atomic E-state index is 0.242. The van der Waals surface area contributed by atoms with E-state index in [4.69, 9.17) is 0 Å². The summed E-state index contributed by atoms with van der Waals surface area (Å²) < 4.78 is 26.5. The van der Waals surface area contributed by atoms with Crippen molar-refractivity contribution >= 4 is 11.8 Å². The molecule has 4 nitrogen and oxygen atoms in total. The molecule has 27 heavy (non-hydrogen) atoms. The highest BCUT2D eigenvalue weighted by molar-refractivity contribution is 6.04. The van der Waals surface area contributed by atoms with Gasteiger partial charge in [0.2, 0.25) is 11.8 Å². The summed E-state index contributed by atoms with van der Waals surface area (Å²) in [5, 5.41) is 5.42. The summed E-state index contributed by atoms with van der Waals surface area (Å²) in [6, 6.07) is 12.4. The van der Waals surface area contributed by atoms with Crippen molar-refractivity contribution < 1.29 is 18.4 Å². The molecular formula is C21H24F2N2O2. The lowest BCUT2D eigenvalue weighted by Gasteiger charge is -2.22. The lowest BCUT2D eigenvalue weighted by molar-refractivity contribution is -0.141. The summed E-state index contributed by atoms with van der Waals surface area (Å²) in [5.41, 5.74) is 0.154. The Morgan fingerprint density at radius 3 is 2.00 bits per heavy atom. The van der Waals surface area contributed by atoms with Crippen LogP contribution in [-0.4, -0.2) is 24.9 Å². The van der Waals surface area contributed by atoms with Crippen LogP contribution in [-0.2, 0) is 22.4 Å². The molecule has 6 heteroatoms. The van der Waals surface area contributed by atoms with E-state index in [1.165, 1.54) is 18.2 Å². The third-order valence-electron chi connectivity index (χ3n) is 4.39. The maximum absolute atomic E-state index is 13.6. The van der Waals surface area contributed by atoms with Gasteiger partial charge in [0.05, 0.1) is 0 Å². The van der Waals surface area contributed by atoms with Gasteiger partial charge >= 0.3 is 0 Å². The number of hydrogen-bond acceptors (Lipinski definition) is 2. The third kappa shape index (κ3) is 5.88. The molecule has 144 valence electrons. The second-order valence-corrected chi connectivity index (χ2v) is 6.85. The number of benzene rings is 2. The van der Waals surface area contributed by atoms with Crippen LogP contribution in [0, 0.1) is 17.0 Å². The quantitative estimate of drug-likeness (QED) is 0.698. The van der Waals surface area contributed by atoms with Crippen molar-refractivity contribution in [2.24, 2.45) is 5.41 Å². The van der Waals surface area contributed by atoms with Crippen molar-refractivity contribution in [1.29, 1.82) is 0 Å². The Hall–Kier alpha value is -2.76. The molecule has 2 aromatic rings. The fourth-order valence-electron chi connectivity index (χ4n) is 2.53. The van der Waals surface area contributed by atoms with E-state index in [1.807, 2.05) is 0 Å². The van der Waals surface area contributed by atoms with Crippen LogP contribution in [0.1, 0.15) is 25.0 Å². The van der Waals surface area contributed by atoms with Gasteiger partial charge in [0, 0.05) is 13.1 Å². The molecule has 0 aliphatic carbocycles. The van der Waals surface area contributed by atoms with Crippen LogP contribution in [0.3, 0.4) is 0 Å². The predicted molar refractivity (Wildman–Crippen MR) is 100 cm³/mol. The molecule has 2 aromatic carbocycles. The van der Waals surface area contributed by atoms with Gasteiger partial charge in [-0.3, -0.25) is 9.59 Å². The predicted octanol–water partition coefficient (Wildman–Crippen LogP) is 3.01. The van der Waals surface area contributed by atoms with Gasteiger partial charge in [0.1, 0.15) is 17.0 Å². The minimum Gasteiger partial charge on any atom is -0.355 e. The van der Waals surface area contributed by atoms with Gasteiger partial charge in [-0.15, -0.1) is 0 Å². The van der Waals surface area contributed by atoms with E-state index < -0.39 is 17.2 Å². The maximum Gasteiger partial charge on any atom is 0.235 e. The number of halogens is 2. The Labute approximate surface area is 158 Å². The Kier molecular flexibility index (Phi) is 7.05. The van der Waals surface area contributed by atoms with E-state index in [0.717, 1.165) is 5.56 Å². The van der Waals surface area contributed by atoms with Gasteiger partial charge in [0.25, 0.3) is 0 Å². The van der Waals surface area contributed by atoms with Crippen molar-refractivity contribution in [2.75, 3.05) is 13.1 Å². The van der Waals surface area contributed by atoms with Crippen molar-refractivity contribution in [3.8, 4) is 0 Å². The third-order valence-corrected chi connectivity index (χ3v) is 4.39. The van der Waals surface area contributed by atoms with Crippen LogP contribution in [0.15, 0.2) is 48.5 Å². The molecule has 2 amide bonds. The van der Waals surface area contributed by atoms with E-state index >= 15 is 0 Å². The number of rotatable bonds is 8. The molecule has 0 unspecified atom stereocenters. The zero-order valence-corrected chi connectivity index (χ0v) is 15.5. The number of carbonyl (C=O) groups excluding carboxylic acids is 2. The monoisotopic (exact) mass is 374 g/mol. The Balaban J connectivity index is 1.78.